The van der Waals surface area contributed by atoms with Crippen molar-refractivity contribution in [2.45, 2.75) is 45.3 Å². The van der Waals surface area contributed by atoms with Gasteiger partial charge in [0.15, 0.2) is 0 Å². The minimum absolute atomic E-state index is 0.292. The second-order valence-corrected chi connectivity index (χ2v) is 11.6. The van der Waals surface area contributed by atoms with Crippen molar-refractivity contribution in [1.82, 2.24) is 4.90 Å². The predicted octanol–water partition coefficient (Wildman–Crippen LogP) is 2.79. The average Bonchev–Trinajstić information content (AvgIpc) is 2.39. The number of carbonyl (C=O) groups is 1. The van der Waals surface area contributed by atoms with Crippen LogP contribution in [0.25, 0.3) is 0 Å². The van der Waals surface area contributed by atoms with Gasteiger partial charge >= 0.3 is 0 Å². The van der Waals surface area contributed by atoms with Crippen molar-refractivity contribution < 1.29 is 4.79 Å². The maximum absolute atomic E-state index is 12.2. The smallest absolute Gasteiger partial charge is 0.226 e. The number of hydrogen-bond acceptors (Lipinski definition) is 1. The van der Waals surface area contributed by atoms with Gasteiger partial charge in [-0.1, -0.05) is 49.1 Å². The number of rotatable bonds is 3. The molecule has 1 aliphatic heterocycles. The molecule has 0 spiro atoms. The third kappa shape index (κ3) is 3.93. The van der Waals surface area contributed by atoms with Crippen molar-refractivity contribution in [2.75, 3.05) is 13.1 Å². The van der Waals surface area contributed by atoms with Crippen LogP contribution in [0, 0.1) is 0 Å². The molecule has 0 unspecified atom stereocenters. The molecule has 1 heterocycles. The number of amides is 1. The summed E-state index contributed by atoms with van der Waals surface area (Å²) in [4.78, 5) is 14.2. The number of piperidine rings is 1. The van der Waals surface area contributed by atoms with Crippen LogP contribution in [0.4, 0.5) is 0 Å². The summed E-state index contributed by atoms with van der Waals surface area (Å²) >= 11 is 0. The lowest BCUT2D eigenvalue weighted by molar-refractivity contribution is -0.131. The van der Waals surface area contributed by atoms with Crippen LogP contribution in [0.3, 0.4) is 0 Å². The summed E-state index contributed by atoms with van der Waals surface area (Å²) in [5, 5.41) is 1.46. The van der Waals surface area contributed by atoms with Crippen LogP contribution < -0.4 is 5.19 Å². The van der Waals surface area contributed by atoms with Crippen LogP contribution in [-0.4, -0.2) is 32.0 Å². The molecule has 1 aromatic carbocycles. The van der Waals surface area contributed by atoms with E-state index >= 15 is 0 Å². The summed E-state index contributed by atoms with van der Waals surface area (Å²) in [6.45, 7) is 8.94. The minimum Gasteiger partial charge on any atom is -0.342 e. The molecule has 0 N–H and O–H groups in total. The summed E-state index contributed by atoms with van der Waals surface area (Å²) in [6.07, 6.45) is 4.17. The average molecular weight is 275 g/mol. The number of hydrogen-bond donors (Lipinski definition) is 0. The van der Waals surface area contributed by atoms with Gasteiger partial charge in [0.05, 0.1) is 14.5 Å². The van der Waals surface area contributed by atoms with Crippen LogP contribution in [0.5, 0.6) is 0 Å². The molecule has 1 saturated heterocycles. The summed E-state index contributed by atoms with van der Waals surface area (Å²) in [5.41, 5.74) is 1.15. The van der Waals surface area contributed by atoms with Gasteiger partial charge in [-0.25, -0.2) is 0 Å². The Morgan fingerprint density at radius 1 is 1.05 bits per heavy atom. The molecule has 0 saturated carbocycles. The van der Waals surface area contributed by atoms with E-state index in [1.54, 1.807) is 0 Å². The first-order valence-electron chi connectivity index (χ1n) is 7.34. The second-order valence-electron chi connectivity index (χ2n) is 6.57. The fourth-order valence-electron chi connectivity index (χ4n) is 2.55. The fraction of sp³-hybridized carbons (Fsp3) is 0.562. The van der Waals surface area contributed by atoms with Crippen molar-refractivity contribution in [3.05, 3.63) is 29.8 Å². The number of benzene rings is 1. The van der Waals surface area contributed by atoms with Crippen molar-refractivity contribution in [1.29, 1.82) is 0 Å². The number of carbonyl (C=O) groups excluding carboxylic acids is 1. The lowest BCUT2D eigenvalue weighted by Gasteiger charge is -2.26. The zero-order valence-corrected chi connectivity index (χ0v) is 13.4. The molecule has 1 amide bonds. The molecule has 0 radical (unpaired) electrons. The van der Waals surface area contributed by atoms with Gasteiger partial charge in [0.1, 0.15) is 0 Å². The van der Waals surface area contributed by atoms with E-state index in [2.05, 4.69) is 43.9 Å². The molecule has 1 fully saturated rings. The van der Waals surface area contributed by atoms with E-state index in [0.717, 1.165) is 18.7 Å². The van der Waals surface area contributed by atoms with E-state index in [-0.39, 0.29) is 0 Å². The highest BCUT2D eigenvalue weighted by atomic mass is 28.3. The van der Waals surface area contributed by atoms with E-state index in [9.17, 15) is 4.79 Å². The maximum Gasteiger partial charge on any atom is 0.226 e. The summed E-state index contributed by atoms with van der Waals surface area (Å²) in [6, 6.07) is 8.70. The molecule has 3 heteroatoms. The van der Waals surface area contributed by atoms with E-state index in [1.165, 1.54) is 24.4 Å². The van der Waals surface area contributed by atoms with Crippen LogP contribution in [0.15, 0.2) is 24.3 Å². The van der Waals surface area contributed by atoms with Gasteiger partial charge in [-0.3, -0.25) is 4.79 Å². The van der Waals surface area contributed by atoms with E-state index in [0.29, 0.717) is 12.3 Å². The van der Waals surface area contributed by atoms with E-state index in [1.807, 2.05) is 4.90 Å². The van der Waals surface area contributed by atoms with Crippen LogP contribution >= 0.6 is 0 Å². The van der Waals surface area contributed by atoms with Gasteiger partial charge < -0.3 is 4.90 Å². The zero-order valence-electron chi connectivity index (χ0n) is 12.4. The van der Waals surface area contributed by atoms with Gasteiger partial charge in [-0.05, 0) is 24.8 Å². The Bertz CT molecular complexity index is 427. The predicted molar refractivity (Wildman–Crippen MR) is 83.6 cm³/mol. The van der Waals surface area contributed by atoms with Crippen LogP contribution in [0.1, 0.15) is 24.8 Å². The molecule has 0 bridgehead atoms. The normalized spacial score (nSPS) is 16.5. The second kappa shape index (κ2) is 5.91. The monoisotopic (exact) mass is 275 g/mol. The molecule has 0 aliphatic carbocycles. The lowest BCUT2D eigenvalue weighted by atomic mass is 10.1. The maximum atomic E-state index is 12.2. The molecular formula is C16H25NOSi. The third-order valence-electron chi connectivity index (χ3n) is 3.88. The Hall–Kier alpha value is -1.09. The Balaban J connectivity index is 1.97. The lowest BCUT2D eigenvalue weighted by Crippen LogP contribution is -2.38. The SMILES string of the molecule is C[Si](C)(C)c1ccc(CC(=O)N2CCCCC2)cc1. The zero-order chi connectivity index (χ0) is 13.9. The van der Waals surface area contributed by atoms with Gasteiger partial charge in [-0.2, -0.15) is 0 Å². The van der Waals surface area contributed by atoms with Crippen molar-refractivity contribution in [2.24, 2.45) is 0 Å². The number of nitrogens with zero attached hydrogens (tertiary/aromatic N) is 1. The Labute approximate surface area is 117 Å². The highest BCUT2D eigenvalue weighted by Crippen LogP contribution is 2.11. The largest absolute Gasteiger partial charge is 0.342 e. The standard InChI is InChI=1S/C16H25NOSi/c1-19(2,3)15-9-7-14(8-10-15)13-16(18)17-11-5-4-6-12-17/h7-10H,4-6,11-13H2,1-3H3. The highest BCUT2D eigenvalue weighted by Gasteiger charge is 2.18. The first-order chi connectivity index (χ1) is 8.97. The highest BCUT2D eigenvalue weighted by molar-refractivity contribution is 6.88. The van der Waals surface area contributed by atoms with Gasteiger partial charge in [0, 0.05) is 13.1 Å². The van der Waals surface area contributed by atoms with Crippen LogP contribution in [0.2, 0.25) is 19.6 Å². The van der Waals surface area contributed by atoms with E-state index < -0.39 is 8.07 Å². The molecule has 2 rings (SSSR count). The first-order valence-corrected chi connectivity index (χ1v) is 10.8. The molecule has 0 aromatic heterocycles. The molecule has 2 nitrogen and oxygen atoms in total. The summed E-state index contributed by atoms with van der Waals surface area (Å²) in [7, 11) is -1.22. The Morgan fingerprint density at radius 2 is 1.63 bits per heavy atom. The summed E-state index contributed by atoms with van der Waals surface area (Å²) < 4.78 is 0. The van der Waals surface area contributed by atoms with Crippen molar-refractivity contribution >= 4 is 19.2 Å². The van der Waals surface area contributed by atoms with Gasteiger partial charge in [0.25, 0.3) is 0 Å². The van der Waals surface area contributed by atoms with Crippen LogP contribution in [-0.2, 0) is 11.2 Å². The quantitative estimate of drug-likeness (QED) is 0.777. The molecule has 1 aliphatic rings. The Morgan fingerprint density at radius 3 is 2.16 bits per heavy atom. The van der Waals surface area contributed by atoms with Crippen molar-refractivity contribution in [3.8, 4) is 0 Å². The third-order valence-corrected chi connectivity index (χ3v) is 5.95. The molecule has 104 valence electrons. The summed E-state index contributed by atoms with van der Waals surface area (Å²) in [5.74, 6) is 0.292. The van der Waals surface area contributed by atoms with Crippen molar-refractivity contribution in [3.63, 3.8) is 0 Å². The molecule has 0 atom stereocenters. The van der Waals surface area contributed by atoms with Gasteiger partial charge in [-0.15, -0.1) is 0 Å². The molecular weight excluding hydrogens is 250 g/mol. The minimum atomic E-state index is -1.22. The number of likely N-dealkylation sites (tertiary alicyclic amines) is 1. The first kappa shape index (κ1) is 14.3. The van der Waals surface area contributed by atoms with E-state index in [4.69, 9.17) is 0 Å². The Kier molecular flexibility index (Phi) is 4.45. The fourth-order valence-corrected chi connectivity index (χ4v) is 3.72. The van der Waals surface area contributed by atoms with Gasteiger partial charge in [0.2, 0.25) is 5.91 Å². The molecule has 1 aromatic rings. The topological polar surface area (TPSA) is 20.3 Å². The molecule has 19 heavy (non-hydrogen) atoms.